The lowest BCUT2D eigenvalue weighted by Crippen LogP contribution is -2.38. The lowest BCUT2D eigenvalue weighted by atomic mass is 10.0. The molecule has 0 bridgehead atoms. The number of aryl methyl sites for hydroxylation is 1. The molecule has 2 aromatic carbocycles. The summed E-state index contributed by atoms with van der Waals surface area (Å²) in [6, 6.07) is 15.0. The number of fused-ring (bicyclic) bond motifs is 3. The molecule has 1 N–H and O–H groups in total. The van der Waals surface area contributed by atoms with E-state index in [2.05, 4.69) is 0 Å². The van der Waals surface area contributed by atoms with Crippen molar-refractivity contribution in [1.82, 2.24) is 9.47 Å². The van der Waals surface area contributed by atoms with E-state index in [0.717, 1.165) is 27.6 Å². The Morgan fingerprint density at radius 1 is 1.26 bits per heavy atom. The predicted molar refractivity (Wildman–Crippen MR) is 136 cm³/mol. The van der Waals surface area contributed by atoms with Gasteiger partial charge >= 0.3 is 0 Å². The Balaban J connectivity index is 2.01. The molecular formula is C26H27ClN2O4S. The second kappa shape index (κ2) is 10.3. The number of ether oxygens (including phenoxy) is 1. The van der Waals surface area contributed by atoms with Crippen LogP contribution in [0.5, 0.6) is 5.75 Å². The van der Waals surface area contributed by atoms with Crippen LogP contribution in [-0.2, 0) is 6.42 Å². The summed E-state index contributed by atoms with van der Waals surface area (Å²) in [5, 5.41) is 9.95. The molecule has 0 spiro atoms. The van der Waals surface area contributed by atoms with Gasteiger partial charge in [0.25, 0.3) is 5.91 Å². The molecule has 34 heavy (non-hydrogen) atoms. The minimum Gasteiger partial charge on any atom is -0.496 e. The van der Waals surface area contributed by atoms with Gasteiger partial charge in [0.1, 0.15) is 11.3 Å². The summed E-state index contributed by atoms with van der Waals surface area (Å²) in [5.41, 5.74) is 3.07. The molecule has 1 aliphatic heterocycles. The van der Waals surface area contributed by atoms with Crippen molar-refractivity contribution in [2.45, 2.75) is 30.4 Å². The molecule has 0 fully saturated rings. The number of thioether (sulfide) groups is 1. The largest absolute Gasteiger partial charge is 0.496 e. The van der Waals surface area contributed by atoms with Crippen molar-refractivity contribution < 1.29 is 14.6 Å². The van der Waals surface area contributed by atoms with Gasteiger partial charge in [0.05, 0.1) is 19.4 Å². The SMILES string of the molecule is CCN(CCO)C(=O)c1c2n(c(C)cc1=O)-c1ccc(Cl)cc1SC(c1ccccc1OC)C2. The normalized spacial score (nSPS) is 14.7. The van der Waals surface area contributed by atoms with Crippen LogP contribution in [0.25, 0.3) is 5.69 Å². The molecule has 1 unspecified atom stereocenters. The molecule has 3 aromatic rings. The molecule has 4 rings (SSSR count). The minimum absolute atomic E-state index is 0.122. The fraction of sp³-hybridized carbons (Fsp3) is 0.308. The quantitative estimate of drug-likeness (QED) is 0.535. The van der Waals surface area contributed by atoms with E-state index in [0.29, 0.717) is 23.7 Å². The maximum Gasteiger partial charge on any atom is 0.259 e. The number of para-hydroxylation sites is 1. The van der Waals surface area contributed by atoms with Crippen LogP contribution < -0.4 is 10.2 Å². The molecule has 6 nitrogen and oxygen atoms in total. The number of hydrogen-bond donors (Lipinski definition) is 1. The number of aromatic nitrogens is 1. The van der Waals surface area contributed by atoms with Gasteiger partial charge in [-0.25, -0.2) is 0 Å². The average molecular weight is 499 g/mol. The summed E-state index contributed by atoms with van der Waals surface area (Å²) >= 11 is 8.01. The number of hydrogen-bond acceptors (Lipinski definition) is 5. The van der Waals surface area contributed by atoms with Gasteiger partial charge in [-0.3, -0.25) is 9.59 Å². The summed E-state index contributed by atoms with van der Waals surface area (Å²) in [6.07, 6.45) is 0.437. The number of aliphatic hydroxyl groups is 1. The number of nitrogens with zero attached hydrogens (tertiary/aromatic N) is 2. The summed E-state index contributed by atoms with van der Waals surface area (Å²) < 4.78 is 7.64. The second-order valence-electron chi connectivity index (χ2n) is 8.08. The molecule has 1 aliphatic rings. The number of amides is 1. The highest BCUT2D eigenvalue weighted by Crippen LogP contribution is 2.47. The van der Waals surface area contributed by atoms with Gasteiger partial charge in [-0.05, 0) is 38.1 Å². The van der Waals surface area contributed by atoms with Gasteiger partial charge in [0.2, 0.25) is 0 Å². The Hall–Kier alpha value is -2.74. The first-order chi connectivity index (χ1) is 16.4. The summed E-state index contributed by atoms with van der Waals surface area (Å²) in [6.45, 7) is 4.10. The molecule has 2 heterocycles. The van der Waals surface area contributed by atoms with Crippen LogP contribution in [0, 0.1) is 6.92 Å². The number of methoxy groups -OCH3 is 1. The molecule has 0 radical (unpaired) electrons. The first-order valence-corrected chi connectivity index (χ1v) is 12.4. The highest BCUT2D eigenvalue weighted by Gasteiger charge is 2.31. The fourth-order valence-corrected chi connectivity index (χ4v) is 6.06. The third-order valence-corrected chi connectivity index (χ3v) is 7.57. The zero-order valence-corrected chi connectivity index (χ0v) is 20.9. The van der Waals surface area contributed by atoms with Gasteiger partial charge in [-0.1, -0.05) is 29.8 Å². The molecule has 1 aromatic heterocycles. The second-order valence-corrected chi connectivity index (χ2v) is 9.76. The molecular weight excluding hydrogens is 472 g/mol. The number of carbonyl (C=O) groups is 1. The van der Waals surface area contributed by atoms with E-state index in [9.17, 15) is 14.7 Å². The monoisotopic (exact) mass is 498 g/mol. The summed E-state index contributed by atoms with van der Waals surface area (Å²) in [4.78, 5) is 29.3. The van der Waals surface area contributed by atoms with Crippen molar-refractivity contribution in [1.29, 1.82) is 0 Å². The molecule has 0 saturated carbocycles. The van der Waals surface area contributed by atoms with Crippen molar-refractivity contribution in [2.24, 2.45) is 0 Å². The van der Waals surface area contributed by atoms with Gasteiger partial charge in [-0.2, -0.15) is 0 Å². The maximum atomic E-state index is 13.6. The lowest BCUT2D eigenvalue weighted by molar-refractivity contribution is 0.0728. The Labute approximate surface area is 208 Å². The Bertz CT molecular complexity index is 1290. The Kier molecular flexibility index (Phi) is 7.36. The Morgan fingerprint density at radius 2 is 2.03 bits per heavy atom. The third-order valence-electron chi connectivity index (χ3n) is 6.05. The maximum absolute atomic E-state index is 13.6. The number of benzene rings is 2. The third kappa shape index (κ3) is 4.48. The fourth-order valence-electron chi connectivity index (χ4n) is 4.48. The molecule has 1 amide bonds. The number of likely N-dealkylation sites (N-methyl/N-ethyl adjacent to an activating group) is 1. The molecule has 1 atom stereocenters. The lowest BCUT2D eigenvalue weighted by Gasteiger charge is -2.24. The standard InChI is InChI=1S/C26H27ClN2O4S/c1-4-28(11-12-30)26(32)25-20-15-23(18-7-5-6-8-22(18)33-3)34-24-14-17(27)9-10-19(24)29(20)16(2)13-21(25)31/h5-10,13-14,23,30H,4,11-12,15H2,1-3H3. The number of rotatable bonds is 6. The van der Waals surface area contributed by atoms with Crippen LogP contribution in [0.15, 0.2) is 58.2 Å². The Morgan fingerprint density at radius 3 is 2.74 bits per heavy atom. The first-order valence-electron chi connectivity index (χ1n) is 11.1. The van der Waals surface area contributed by atoms with E-state index in [1.54, 1.807) is 18.9 Å². The van der Waals surface area contributed by atoms with Crippen molar-refractivity contribution in [3.8, 4) is 11.4 Å². The van der Waals surface area contributed by atoms with Crippen LogP contribution in [0.1, 0.15) is 39.5 Å². The van der Waals surface area contributed by atoms with Crippen LogP contribution in [0.3, 0.4) is 0 Å². The first kappa shape index (κ1) is 24.4. The zero-order chi connectivity index (χ0) is 24.4. The van der Waals surface area contributed by atoms with E-state index >= 15 is 0 Å². The van der Waals surface area contributed by atoms with E-state index in [1.807, 2.05) is 60.9 Å². The predicted octanol–water partition coefficient (Wildman–Crippen LogP) is 4.65. The minimum atomic E-state index is -0.369. The van der Waals surface area contributed by atoms with Crippen LogP contribution in [-0.4, -0.2) is 47.3 Å². The number of halogens is 1. The van der Waals surface area contributed by atoms with Gasteiger partial charge in [-0.15, -0.1) is 11.8 Å². The average Bonchev–Trinajstić information content (AvgIpc) is 2.99. The molecule has 178 valence electrons. The van der Waals surface area contributed by atoms with Crippen LogP contribution in [0.4, 0.5) is 0 Å². The van der Waals surface area contributed by atoms with Gasteiger partial charge in [0, 0.05) is 57.7 Å². The van der Waals surface area contributed by atoms with Crippen LogP contribution >= 0.6 is 23.4 Å². The molecule has 0 aliphatic carbocycles. The smallest absolute Gasteiger partial charge is 0.259 e. The van der Waals surface area contributed by atoms with Gasteiger partial charge < -0.3 is 19.3 Å². The van der Waals surface area contributed by atoms with Crippen molar-refractivity contribution >= 4 is 29.3 Å². The van der Waals surface area contributed by atoms with Crippen molar-refractivity contribution in [3.63, 3.8) is 0 Å². The van der Waals surface area contributed by atoms with E-state index in [4.69, 9.17) is 16.3 Å². The molecule has 0 saturated heterocycles. The topological polar surface area (TPSA) is 71.8 Å². The van der Waals surface area contributed by atoms with E-state index in [1.165, 1.54) is 11.0 Å². The van der Waals surface area contributed by atoms with Crippen LogP contribution in [0.2, 0.25) is 5.02 Å². The van der Waals surface area contributed by atoms with E-state index in [-0.39, 0.29) is 35.3 Å². The summed E-state index contributed by atoms with van der Waals surface area (Å²) in [5.74, 6) is 0.377. The van der Waals surface area contributed by atoms with Crippen molar-refractivity contribution in [3.05, 3.63) is 86.3 Å². The molecule has 8 heteroatoms. The number of carbonyl (C=O) groups excluding carboxylic acids is 1. The zero-order valence-electron chi connectivity index (χ0n) is 19.4. The number of aliphatic hydroxyl groups excluding tert-OH is 1. The summed E-state index contributed by atoms with van der Waals surface area (Å²) in [7, 11) is 1.64. The van der Waals surface area contributed by atoms with Gasteiger partial charge in [0.15, 0.2) is 5.43 Å². The van der Waals surface area contributed by atoms with Crippen molar-refractivity contribution in [2.75, 3.05) is 26.8 Å². The highest BCUT2D eigenvalue weighted by molar-refractivity contribution is 7.99. The van der Waals surface area contributed by atoms with E-state index < -0.39 is 0 Å². The number of pyridine rings is 1. The highest BCUT2D eigenvalue weighted by atomic mass is 35.5.